The number of benzene rings is 2. The van der Waals surface area contributed by atoms with E-state index in [1.807, 2.05) is 0 Å². The summed E-state index contributed by atoms with van der Waals surface area (Å²) in [5, 5.41) is 3.65. The third kappa shape index (κ3) is 2.18. The maximum atomic E-state index is 5.73. The van der Waals surface area contributed by atoms with E-state index in [2.05, 4.69) is 54.7 Å². The summed E-state index contributed by atoms with van der Waals surface area (Å²) in [6.45, 7) is 4.43. The Morgan fingerprint density at radius 1 is 1.00 bits per heavy atom. The monoisotopic (exact) mass is 281 g/mol. The molecule has 0 fully saturated rings. The molecule has 4 rings (SSSR count). The maximum absolute atomic E-state index is 5.73. The van der Waals surface area contributed by atoms with Crippen molar-refractivity contribution in [2.45, 2.75) is 25.4 Å². The second-order valence-corrected chi connectivity index (χ2v) is 5.75. The molecule has 1 N–H and O–H groups in total. The number of nitrogens with one attached hydrogen (secondary N) is 1. The Labute approximate surface area is 124 Å². The Morgan fingerprint density at radius 3 is 2.48 bits per heavy atom. The van der Waals surface area contributed by atoms with E-state index in [9.17, 15) is 0 Å². The minimum atomic E-state index is 0.348. The molecule has 0 saturated carbocycles. The van der Waals surface area contributed by atoms with Crippen molar-refractivity contribution in [3.05, 3.63) is 59.2 Å². The first-order valence-corrected chi connectivity index (χ1v) is 7.53. The molecule has 108 valence electrons. The standard InChI is InChI=1S/C18H19NO2/c1-12-15-10-17-16(20-7-8-21-17)9-14(15)11-19-18(12)13-5-3-2-4-6-13/h2-6,9-10,12,18-19H,7-8,11H2,1H3. The van der Waals surface area contributed by atoms with Crippen LogP contribution in [0, 0.1) is 0 Å². The molecular formula is C18H19NO2. The van der Waals surface area contributed by atoms with Gasteiger partial charge in [0.1, 0.15) is 13.2 Å². The minimum Gasteiger partial charge on any atom is -0.486 e. The van der Waals surface area contributed by atoms with Crippen LogP contribution in [-0.2, 0) is 6.54 Å². The number of hydrogen-bond acceptors (Lipinski definition) is 3. The predicted octanol–water partition coefficient (Wildman–Crippen LogP) is 3.41. The van der Waals surface area contributed by atoms with E-state index < -0.39 is 0 Å². The molecule has 2 aliphatic rings. The quantitative estimate of drug-likeness (QED) is 0.869. The van der Waals surface area contributed by atoms with Crippen LogP contribution in [-0.4, -0.2) is 13.2 Å². The van der Waals surface area contributed by atoms with Crippen LogP contribution in [0.5, 0.6) is 11.5 Å². The number of fused-ring (bicyclic) bond motifs is 2. The summed E-state index contributed by atoms with van der Waals surface area (Å²) in [4.78, 5) is 0. The van der Waals surface area contributed by atoms with Crippen molar-refractivity contribution < 1.29 is 9.47 Å². The van der Waals surface area contributed by atoms with E-state index in [1.54, 1.807) is 0 Å². The topological polar surface area (TPSA) is 30.5 Å². The van der Waals surface area contributed by atoms with Crippen LogP contribution in [0.25, 0.3) is 0 Å². The lowest BCUT2D eigenvalue weighted by molar-refractivity contribution is 0.170. The van der Waals surface area contributed by atoms with Crippen molar-refractivity contribution in [3.63, 3.8) is 0 Å². The third-order valence-corrected chi connectivity index (χ3v) is 4.47. The Bertz CT molecular complexity index is 654. The van der Waals surface area contributed by atoms with Gasteiger partial charge in [-0.3, -0.25) is 0 Å². The fourth-order valence-corrected chi connectivity index (χ4v) is 3.37. The van der Waals surface area contributed by atoms with Gasteiger partial charge in [-0.1, -0.05) is 37.3 Å². The lowest BCUT2D eigenvalue weighted by Gasteiger charge is -2.34. The summed E-state index contributed by atoms with van der Waals surface area (Å²) in [5.74, 6) is 2.18. The Hall–Kier alpha value is -2.00. The molecule has 0 bridgehead atoms. The molecule has 0 aromatic heterocycles. The molecule has 0 radical (unpaired) electrons. The number of ether oxygens (including phenoxy) is 2. The zero-order valence-corrected chi connectivity index (χ0v) is 12.1. The van der Waals surface area contributed by atoms with Gasteiger partial charge in [-0.15, -0.1) is 0 Å². The summed E-state index contributed by atoms with van der Waals surface area (Å²) < 4.78 is 11.4. The van der Waals surface area contributed by atoms with Crippen LogP contribution in [0.15, 0.2) is 42.5 Å². The summed E-state index contributed by atoms with van der Waals surface area (Å²) >= 11 is 0. The van der Waals surface area contributed by atoms with Crippen molar-refractivity contribution in [3.8, 4) is 11.5 Å². The van der Waals surface area contributed by atoms with E-state index in [0.717, 1.165) is 18.0 Å². The summed E-state index contributed by atoms with van der Waals surface area (Å²) in [5.41, 5.74) is 4.02. The second kappa shape index (κ2) is 5.08. The molecule has 2 atom stereocenters. The Morgan fingerprint density at radius 2 is 1.71 bits per heavy atom. The molecule has 2 aliphatic heterocycles. The number of rotatable bonds is 1. The highest BCUT2D eigenvalue weighted by atomic mass is 16.6. The van der Waals surface area contributed by atoms with Gasteiger partial charge in [-0.2, -0.15) is 0 Å². The van der Waals surface area contributed by atoms with Crippen LogP contribution in [0.2, 0.25) is 0 Å². The summed E-state index contributed by atoms with van der Waals surface area (Å²) in [6.07, 6.45) is 0. The Kier molecular flexibility index (Phi) is 3.08. The number of hydrogen-bond donors (Lipinski definition) is 1. The van der Waals surface area contributed by atoms with E-state index in [1.165, 1.54) is 16.7 Å². The maximum Gasteiger partial charge on any atom is 0.161 e. The summed E-state index contributed by atoms with van der Waals surface area (Å²) in [7, 11) is 0. The largest absolute Gasteiger partial charge is 0.486 e. The molecule has 0 aliphatic carbocycles. The molecule has 2 unspecified atom stereocenters. The van der Waals surface area contributed by atoms with Crippen LogP contribution >= 0.6 is 0 Å². The van der Waals surface area contributed by atoms with Crippen molar-refractivity contribution in [1.82, 2.24) is 5.32 Å². The van der Waals surface area contributed by atoms with Crippen LogP contribution < -0.4 is 14.8 Å². The molecule has 2 aromatic carbocycles. The van der Waals surface area contributed by atoms with Crippen molar-refractivity contribution in [2.75, 3.05) is 13.2 Å². The molecule has 0 amide bonds. The molecule has 0 spiro atoms. The van der Waals surface area contributed by atoms with Gasteiger partial charge < -0.3 is 14.8 Å². The highest BCUT2D eigenvalue weighted by Gasteiger charge is 2.29. The zero-order valence-electron chi connectivity index (χ0n) is 12.1. The molecular weight excluding hydrogens is 262 g/mol. The van der Waals surface area contributed by atoms with Gasteiger partial charge in [0.05, 0.1) is 0 Å². The average Bonchev–Trinajstić information content (AvgIpc) is 2.55. The van der Waals surface area contributed by atoms with E-state index in [0.29, 0.717) is 25.2 Å². The first kappa shape index (κ1) is 12.7. The highest BCUT2D eigenvalue weighted by Crippen LogP contribution is 2.42. The van der Waals surface area contributed by atoms with Crippen LogP contribution in [0.4, 0.5) is 0 Å². The lowest BCUT2D eigenvalue weighted by atomic mass is 9.82. The van der Waals surface area contributed by atoms with Crippen LogP contribution in [0.1, 0.15) is 35.6 Å². The third-order valence-electron chi connectivity index (χ3n) is 4.47. The van der Waals surface area contributed by atoms with Gasteiger partial charge in [0.15, 0.2) is 11.5 Å². The minimum absolute atomic E-state index is 0.348. The smallest absolute Gasteiger partial charge is 0.161 e. The van der Waals surface area contributed by atoms with Gasteiger partial charge >= 0.3 is 0 Å². The van der Waals surface area contributed by atoms with Crippen LogP contribution in [0.3, 0.4) is 0 Å². The second-order valence-electron chi connectivity index (χ2n) is 5.75. The SMILES string of the molecule is CC1c2cc3c(cc2CNC1c1ccccc1)OCCO3. The van der Waals surface area contributed by atoms with Gasteiger partial charge in [-0.05, 0) is 28.8 Å². The highest BCUT2D eigenvalue weighted by molar-refractivity contribution is 5.51. The summed E-state index contributed by atoms with van der Waals surface area (Å²) in [6, 6.07) is 15.3. The average molecular weight is 281 g/mol. The Balaban J connectivity index is 1.72. The zero-order chi connectivity index (χ0) is 14.2. The predicted molar refractivity (Wildman–Crippen MR) is 81.9 cm³/mol. The van der Waals surface area contributed by atoms with E-state index >= 15 is 0 Å². The molecule has 2 heterocycles. The fourth-order valence-electron chi connectivity index (χ4n) is 3.37. The van der Waals surface area contributed by atoms with Crippen molar-refractivity contribution in [2.24, 2.45) is 0 Å². The normalized spacial score (nSPS) is 23.5. The van der Waals surface area contributed by atoms with Gasteiger partial charge in [0.2, 0.25) is 0 Å². The van der Waals surface area contributed by atoms with Crippen molar-refractivity contribution in [1.29, 1.82) is 0 Å². The molecule has 3 nitrogen and oxygen atoms in total. The van der Waals surface area contributed by atoms with Gasteiger partial charge in [0, 0.05) is 18.5 Å². The molecule has 0 saturated heterocycles. The van der Waals surface area contributed by atoms with E-state index in [-0.39, 0.29) is 0 Å². The van der Waals surface area contributed by atoms with E-state index in [4.69, 9.17) is 9.47 Å². The molecule has 3 heteroatoms. The molecule has 2 aromatic rings. The fraction of sp³-hybridized carbons (Fsp3) is 0.333. The molecule has 21 heavy (non-hydrogen) atoms. The van der Waals surface area contributed by atoms with Crippen molar-refractivity contribution >= 4 is 0 Å². The van der Waals surface area contributed by atoms with Gasteiger partial charge in [0.25, 0.3) is 0 Å². The van der Waals surface area contributed by atoms with Gasteiger partial charge in [-0.25, -0.2) is 0 Å². The lowest BCUT2D eigenvalue weighted by Crippen LogP contribution is -2.31. The first-order chi connectivity index (χ1) is 10.3. The first-order valence-electron chi connectivity index (χ1n) is 7.53.